The third kappa shape index (κ3) is 3.23. The van der Waals surface area contributed by atoms with Gasteiger partial charge in [-0.25, -0.2) is 4.79 Å². The third-order valence-electron chi connectivity index (χ3n) is 2.68. The van der Waals surface area contributed by atoms with E-state index < -0.39 is 0 Å². The van der Waals surface area contributed by atoms with Gasteiger partial charge in [-0.1, -0.05) is 44.2 Å². The van der Waals surface area contributed by atoms with Gasteiger partial charge in [0, 0.05) is 12.2 Å². The van der Waals surface area contributed by atoms with Gasteiger partial charge in [0.25, 0.3) is 0 Å². The van der Waals surface area contributed by atoms with E-state index in [0.717, 1.165) is 11.1 Å². The number of rotatable bonds is 3. The first-order chi connectivity index (χ1) is 8.65. The molecule has 0 aromatic heterocycles. The summed E-state index contributed by atoms with van der Waals surface area (Å²) in [6.45, 7) is 4.81. The maximum atomic E-state index is 11.6. The first kappa shape index (κ1) is 12.4. The number of fused-ring (bicyclic) bond motifs is 1. The monoisotopic (exact) mass is 242 g/mol. The fourth-order valence-corrected chi connectivity index (χ4v) is 1.74. The van der Waals surface area contributed by atoms with Crippen molar-refractivity contribution in [2.24, 2.45) is 5.92 Å². The zero-order valence-electron chi connectivity index (χ0n) is 10.7. The molecule has 0 radical (unpaired) electrons. The normalized spacial score (nSPS) is 10.6. The van der Waals surface area contributed by atoms with Crippen molar-refractivity contribution in [3.05, 3.63) is 42.5 Å². The van der Waals surface area contributed by atoms with Crippen LogP contribution in [0.5, 0.6) is 0 Å². The Kier molecular flexibility index (Phi) is 3.82. The van der Waals surface area contributed by atoms with E-state index in [0.29, 0.717) is 12.5 Å². The maximum absolute atomic E-state index is 11.6. The van der Waals surface area contributed by atoms with E-state index in [-0.39, 0.29) is 6.03 Å². The van der Waals surface area contributed by atoms with Crippen LogP contribution in [0.3, 0.4) is 0 Å². The zero-order chi connectivity index (χ0) is 13.0. The standard InChI is InChI=1S/C15H18N2O/c1-11(2)10-16-15(18)17-14-8-7-12-5-3-4-6-13(12)9-14/h3-9,11H,10H2,1-2H3,(H2,16,17,18). The van der Waals surface area contributed by atoms with Gasteiger partial charge in [-0.05, 0) is 28.8 Å². The van der Waals surface area contributed by atoms with E-state index in [1.807, 2.05) is 36.4 Å². The Labute approximate surface area is 107 Å². The summed E-state index contributed by atoms with van der Waals surface area (Å²) in [7, 11) is 0. The van der Waals surface area contributed by atoms with E-state index in [4.69, 9.17) is 0 Å². The molecular formula is C15H18N2O. The van der Waals surface area contributed by atoms with Crippen LogP contribution in [0.4, 0.5) is 10.5 Å². The molecule has 0 unspecified atom stereocenters. The minimum Gasteiger partial charge on any atom is -0.338 e. The van der Waals surface area contributed by atoms with Crippen molar-refractivity contribution >= 4 is 22.5 Å². The molecule has 2 aromatic rings. The van der Waals surface area contributed by atoms with E-state index in [2.05, 4.69) is 30.5 Å². The summed E-state index contributed by atoms with van der Waals surface area (Å²) in [5.74, 6) is 0.451. The molecule has 2 amide bonds. The average Bonchev–Trinajstić information content (AvgIpc) is 2.36. The summed E-state index contributed by atoms with van der Waals surface area (Å²) in [4.78, 5) is 11.6. The van der Waals surface area contributed by atoms with Gasteiger partial charge < -0.3 is 10.6 Å². The Morgan fingerprint density at radius 2 is 1.83 bits per heavy atom. The minimum atomic E-state index is -0.154. The molecule has 0 fully saturated rings. The van der Waals surface area contributed by atoms with Crippen molar-refractivity contribution in [1.82, 2.24) is 5.32 Å². The van der Waals surface area contributed by atoms with Gasteiger partial charge in [0.1, 0.15) is 0 Å². The van der Waals surface area contributed by atoms with Gasteiger partial charge in [-0.2, -0.15) is 0 Å². The molecule has 0 saturated heterocycles. The van der Waals surface area contributed by atoms with E-state index in [9.17, 15) is 4.79 Å². The van der Waals surface area contributed by atoms with Crippen molar-refractivity contribution in [1.29, 1.82) is 0 Å². The van der Waals surface area contributed by atoms with Crippen molar-refractivity contribution in [2.45, 2.75) is 13.8 Å². The second-order valence-electron chi connectivity index (χ2n) is 4.79. The highest BCUT2D eigenvalue weighted by Gasteiger charge is 2.02. The van der Waals surface area contributed by atoms with Gasteiger partial charge in [0.2, 0.25) is 0 Å². The number of anilines is 1. The Hall–Kier alpha value is -2.03. The number of amides is 2. The van der Waals surface area contributed by atoms with E-state index >= 15 is 0 Å². The molecule has 18 heavy (non-hydrogen) atoms. The summed E-state index contributed by atoms with van der Waals surface area (Å²) >= 11 is 0. The molecule has 0 aliphatic rings. The molecule has 0 bridgehead atoms. The smallest absolute Gasteiger partial charge is 0.319 e. The summed E-state index contributed by atoms with van der Waals surface area (Å²) in [6, 6.07) is 13.8. The molecule has 0 saturated carbocycles. The van der Waals surface area contributed by atoms with Crippen LogP contribution in [0.15, 0.2) is 42.5 Å². The highest BCUT2D eigenvalue weighted by Crippen LogP contribution is 2.18. The zero-order valence-corrected chi connectivity index (χ0v) is 10.7. The third-order valence-corrected chi connectivity index (χ3v) is 2.68. The van der Waals surface area contributed by atoms with E-state index in [1.54, 1.807) is 0 Å². The minimum absolute atomic E-state index is 0.154. The summed E-state index contributed by atoms with van der Waals surface area (Å²) < 4.78 is 0. The molecule has 2 rings (SSSR count). The number of benzene rings is 2. The number of hydrogen-bond acceptors (Lipinski definition) is 1. The first-order valence-corrected chi connectivity index (χ1v) is 6.19. The van der Waals surface area contributed by atoms with Crippen LogP contribution in [0.25, 0.3) is 10.8 Å². The molecule has 0 spiro atoms. The summed E-state index contributed by atoms with van der Waals surface area (Å²) in [5, 5.41) is 7.96. The van der Waals surface area contributed by atoms with Crippen LogP contribution >= 0.6 is 0 Å². The second-order valence-corrected chi connectivity index (χ2v) is 4.79. The van der Waals surface area contributed by atoms with Crippen molar-refractivity contribution in [3.8, 4) is 0 Å². The summed E-state index contributed by atoms with van der Waals surface area (Å²) in [5.41, 5.74) is 0.815. The van der Waals surface area contributed by atoms with Crippen LogP contribution in [-0.4, -0.2) is 12.6 Å². The number of urea groups is 1. The number of nitrogens with one attached hydrogen (secondary N) is 2. The highest BCUT2D eigenvalue weighted by molar-refractivity contribution is 5.93. The van der Waals surface area contributed by atoms with Crippen molar-refractivity contribution in [2.75, 3.05) is 11.9 Å². The second kappa shape index (κ2) is 5.54. The SMILES string of the molecule is CC(C)CNC(=O)Nc1ccc2ccccc2c1. The first-order valence-electron chi connectivity index (χ1n) is 6.19. The fourth-order valence-electron chi connectivity index (χ4n) is 1.74. The quantitative estimate of drug-likeness (QED) is 0.848. The van der Waals surface area contributed by atoms with Crippen LogP contribution in [-0.2, 0) is 0 Å². The Morgan fingerprint density at radius 1 is 1.11 bits per heavy atom. The number of hydrogen-bond donors (Lipinski definition) is 2. The fraction of sp³-hybridized carbons (Fsp3) is 0.267. The van der Waals surface area contributed by atoms with E-state index in [1.165, 1.54) is 5.39 Å². The molecule has 2 N–H and O–H groups in total. The van der Waals surface area contributed by atoms with Gasteiger partial charge in [0.05, 0.1) is 0 Å². The lowest BCUT2D eigenvalue weighted by atomic mass is 10.1. The lowest BCUT2D eigenvalue weighted by Crippen LogP contribution is -2.31. The predicted molar refractivity (Wildman–Crippen MR) is 75.8 cm³/mol. The highest BCUT2D eigenvalue weighted by atomic mass is 16.2. The van der Waals surface area contributed by atoms with Crippen LogP contribution in [0.2, 0.25) is 0 Å². The average molecular weight is 242 g/mol. The molecule has 3 nitrogen and oxygen atoms in total. The molecule has 94 valence electrons. The largest absolute Gasteiger partial charge is 0.338 e. The molecule has 0 heterocycles. The van der Waals surface area contributed by atoms with Gasteiger partial charge >= 0.3 is 6.03 Å². The van der Waals surface area contributed by atoms with Gasteiger partial charge in [-0.15, -0.1) is 0 Å². The van der Waals surface area contributed by atoms with Crippen LogP contribution < -0.4 is 10.6 Å². The Balaban J connectivity index is 2.05. The molecule has 0 aliphatic heterocycles. The van der Waals surface area contributed by atoms with Crippen molar-refractivity contribution in [3.63, 3.8) is 0 Å². The lowest BCUT2D eigenvalue weighted by molar-refractivity contribution is 0.251. The van der Waals surface area contributed by atoms with Crippen LogP contribution in [0, 0.1) is 5.92 Å². The molecule has 0 atom stereocenters. The Bertz CT molecular complexity index is 549. The van der Waals surface area contributed by atoms with Crippen LogP contribution in [0.1, 0.15) is 13.8 Å². The van der Waals surface area contributed by atoms with Gasteiger partial charge in [-0.3, -0.25) is 0 Å². The number of carbonyl (C=O) groups is 1. The Morgan fingerprint density at radius 3 is 2.56 bits per heavy atom. The molecular weight excluding hydrogens is 224 g/mol. The lowest BCUT2D eigenvalue weighted by Gasteiger charge is -2.10. The molecule has 2 aromatic carbocycles. The van der Waals surface area contributed by atoms with Crippen molar-refractivity contribution < 1.29 is 4.79 Å². The summed E-state index contributed by atoms with van der Waals surface area (Å²) in [6.07, 6.45) is 0. The number of carbonyl (C=O) groups excluding carboxylic acids is 1. The van der Waals surface area contributed by atoms with Gasteiger partial charge in [0.15, 0.2) is 0 Å². The topological polar surface area (TPSA) is 41.1 Å². The predicted octanol–water partition coefficient (Wildman–Crippen LogP) is 3.62. The molecule has 0 aliphatic carbocycles. The molecule has 3 heteroatoms. The maximum Gasteiger partial charge on any atom is 0.319 e.